The number of carbonyl (C=O) groups is 1. The minimum atomic E-state index is -0.0723. The number of pyridine rings is 1. The summed E-state index contributed by atoms with van der Waals surface area (Å²) in [6, 6.07) is 3.80. The van der Waals surface area contributed by atoms with Crippen LogP contribution in [0.15, 0.2) is 24.5 Å². The largest absolute Gasteiger partial charge is 0.338 e. The molecular weight excluding hydrogens is 232 g/mol. The number of aromatic nitrogens is 1. The Labute approximate surface area is 107 Å². The van der Waals surface area contributed by atoms with Crippen molar-refractivity contribution >= 4 is 28.7 Å². The molecule has 0 radical (unpaired) electrons. The molecule has 2 rings (SSSR count). The monoisotopic (exact) mass is 248 g/mol. The van der Waals surface area contributed by atoms with Gasteiger partial charge in [-0.1, -0.05) is 18.6 Å². The minimum Gasteiger partial charge on any atom is -0.338 e. The number of rotatable bonds is 2. The van der Waals surface area contributed by atoms with Gasteiger partial charge in [0.15, 0.2) is 0 Å². The number of carbonyl (C=O) groups excluding carboxylic acids is 1. The van der Waals surface area contributed by atoms with E-state index in [0.29, 0.717) is 12.2 Å². The SMILES string of the molecule is CN(C(=S)C1CCCCC1=O)c1ccncc1. The van der Waals surface area contributed by atoms with E-state index in [-0.39, 0.29) is 5.92 Å². The molecule has 1 aliphatic rings. The van der Waals surface area contributed by atoms with Gasteiger partial charge in [-0.3, -0.25) is 9.78 Å². The van der Waals surface area contributed by atoms with Crippen LogP contribution in [-0.2, 0) is 4.79 Å². The average molecular weight is 248 g/mol. The summed E-state index contributed by atoms with van der Waals surface area (Å²) in [6.07, 6.45) is 7.15. The summed E-state index contributed by atoms with van der Waals surface area (Å²) in [4.78, 5) is 18.5. The minimum absolute atomic E-state index is 0.0723. The fourth-order valence-corrected chi connectivity index (χ4v) is 2.53. The highest BCUT2D eigenvalue weighted by Crippen LogP contribution is 2.25. The summed E-state index contributed by atoms with van der Waals surface area (Å²) in [7, 11) is 1.92. The molecule has 90 valence electrons. The normalized spacial score (nSPS) is 20.1. The molecule has 1 aliphatic carbocycles. The number of nitrogens with zero attached hydrogens (tertiary/aromatic N) is 2. The van der Waals surface area contributed by atoms with Crippen molar-refractivity contribution in [3.8, 4) is 0 Å². The topological polar surface area (TPSA) is 33.2 Å². The quantitative estimate of drug-likeness (QED) is 0.753. The van der Waals surface area contributed by atoms with E-state index in [1.165, 1.54) is 0 Å². The molecule has 1 heterocycles. The van der Waals surface area contributed by atoms with Crippen LogP contribution in [0.1, 0.15) is 25.7 Å². The molecule has 0 aliphatic heterocycles. The third-order valence-corrected chi connectivity index (χ3v) is 3.79. The van der Waals surface area contributed by atoms with Gasteiger partial charge in [0.2, 0.25) is 0 Å². The van der Waals surface area contributed by atoms with Crippen LogP contribution in [-0.4, -0.2) is 22.8 Å². The van der Waals surface area contributed by atoms with E-state index in [1.807, 2.05) is 24.1 Å². The van der Waals surface area contributed by atoms with Gasteiger partial charge in [-0.25, -0.2) is 0 Å². The highest BCUT2D eigenvalue weighted by molar-refractivity contribution is 7.80. The van der Waals surface area contributed by atoms with E-state index in [0.717, 1.165) is 29.9 Å². The van der Waals surface area contributed by atoms with Gasteiger partial charge in [-0.15, -0.1) is 0 Å². The van der Waals surface area contributed by atoms with Crippen LogP contribution in [0, 0.1) is 5.92 Å². The summed E-state index contributed by atoms with van der Waals surface area (Å²) in [5, 5.41) is 0. The Balaban J connectivity index is 2.12. The summed E-state index contributed by atoms with van der Waals surface area (Å²) in [5.41, 5.74) is 0.989. The van der Waals surface area contributed by atoms with Crippen LogP contribution in [0.3, 0.4) is 0 Å². The Hall–Kier alpha value is -1.29. The fraction of sp³-hybridized carbons (Fsp3) is 0.462. The molecule has 0 spiro atoms. The molecule has 0 N–H and O–H groups in total. The Morgan fingerprint density at radius 2 is 2.12 bits per heavy atom. The van der Waals surface area contributed by atoms with Crippen molar-refractivity contribution in [2.75, 3.05) is 11.9 Å². The van der Waals surface area contributed by atoms with Gasteiger partial charge in [0.1, 0.15) is 5.78 Å². The molecule has 1 aromatic heterocycles. The molecule has 1 saturated carbocycles. The molecule has 1 aromatic rings. The van der Waals surface area contributed by atoms with Crippen molar-refractivity contribution in [2.45, 2.75) is 25.7 Å². The number of hydrogen-bond acceptors (Lipinski definition) is 3. The standard InChI is InChI=1S/C13H16N2OS/c1-15(10-6-8-14-9-7-10)13(17)11-4-2-3-5-12(11)16/h6-9,11H,2-5H2,1H3. The predicted octanol–water partition coefficient (Wildman–Crippen LogP) is 2.60. The van der Waals surface area contributed by atoms with Crippen molar-refractivity contribution < 1.29 is 4.79 Å². The third-order valence-electron chi connectivity index (χ3n) is 3.23. The molecule has 0 bridgehead atoms. The zero-order valence-electron chi connectivity index (χ0n) is 9.93. The Kier molecular flexibility index (Phi) is 3.84. The second-order valence-electron chi connectivity index (χ2n) is 4.37. The van der Waals surface area contributed by atoms with Crippen LogP contribution >= 0.6 is 12.2 Å². The van der Waals surface area contributed by atoms with Crippen LogP contribution in [0.25, 0.3) is 0 Å². The number of thiocarbonyl (C=S) groups is 1. The van der Waals surface area contributed by atoms with Crippen LogP contribution in [0.5, 0.6) is 0 Å². The first kappa shape index (κ1) is 12.2. The first-order valence-corrected chi connectivity index (χ1v) is 6.31. The van der Waals surface area contributed by atoms with E-state index in [4.69, 9.17) is 12.2 Å². The highest BCUT2D eigenvalue weighted by atomic mass is 32.1. The van der Waals surface area contributed by atoms with Crippen molar-refractivity contribution in [3.05, 3.63) is 24.5 Å². The lowest BCUT2D eigenvalue weighted by Crippen LogP contribution is -2.37. The van der Waals surface area contributed by atoms with Crippen LogP contribution in [0.2, 0.25) is 0 Å². The first-order chi connectivity index (χ1) is 8.20. The number of anilines is 1. The Bertz CT molecular complexity index is 419. The van der Waals surface area contributed by atoms with E-state index in [2.05, 4.69) is 4.98 Å². The lowest BCUT2D eigenvalue weighted by atomic mass is 9.87. The van der Waals surface area contributed by atoms with Crippen LogP contribution in [0.4, 0.5) is 5.69 Å². The maximum Gasteiger partial charge on any atom is 0.142 e. The number of ketones is 1. The molecule has 0 saturated heterocycles. The van der Waals surface area contributed by atoms with E-state index < -0.39 is 0 Å². The van der Waals surface area contributed by atoms with E-state index >= 15 is 0 Å². The van der Waals surface area contributed by atoms with Gasteiger partial charge < -0.3 is 4.90 Å². The molecule has 0 aromatic carbocycles. The Morgan fingerprint density at radius 3 is 2.76 bits per heavy atom. The summed E-state index contributed by atoms with van der Waals surface area (Å²) in [6.45, 7) is 0. The third kappa shape index (κ3) is 2.69. The molecule has 0 amide bonds. The first-order valence-electron chi connectivity index (χ1n) is 5.90. The predicted molar refractivity (Wildman–Crippen MR) is 72.2 cm³/mol. The maximum atomic E-state index is 11.8. The summed E-state index contributed by atoms with van der Waals surface area (Å²) in [5.74, 6) is 0.221. The lowest BCUT2D eigenvalue weighted by molar-refractivity contribution is -0.122. The van der Waals surface area contributed by atoms with Crippen molar-refractivity contribution in [1.82, 2.24) is 4.98 Å². The van der Waals surface area contributed by atoms with Gasteiger partial charge in [-0.2, -0.15) is 0 Å². The molecular formula is C13H16N2OS. The lowest BCUT2D eigenvalue weighted by Gasteiger charge is -2.28. The van der Waals surface area contributed by atoms with Crippen molar-refractivity contribution in [1.29, 1.82) is 0 Å². The van der Waals surface area contributed by atoms with Crippen molar-refractivity contribution in [3.63, 3.8) is 0 Å². The second kappa shape index (κ2) is 5.36. The molecule has 1 unspecified atom stereocenters. The smallest absolute Gasteiger partial charge is 0.142 e. The van der Waals surface area contributed by atoms with Gasteiger partial charge in [0.25, 0.3) is 0 Å². The molecule has 4 heteroatoms. The number of Topliss-reactive ketones (excluding diaryl/α,β-unsaturated/α-hetero) is 1. The maximum absolute atomic E-state index is 11.8. The zero-order chi connectivity index (χ0) is 12.3. The number of hydrogen-bond donors (Lipinski definition) is 0. The van der Waals surface area contributed by atoms with Gasteiger partial charge in [0, 0.05) is 31.5 Å². The zero-order valence-corrected chi connectivity index (χ0v) is 10.7. The average Bonchev–Trinajstić information content (AvgIpc) is 2.39. The van der Waals surface area contributed by atoms with Gasteiger partial charge in [-0.05, 0) is 25.0 Å². The van der Waals surface area contributed by atoms with Gasteiger partial charge >= 0.3 is 0 Å². The highest BCUT2D eigenvalue weighted by Gasteiger charge is 2.28. The molecule has 1 atom stereocenters. The van der Waals surface area contributed by atoms with Gasteiger partial charge in [0.05, 0.1) is 10.9 Å². The Morgan fingerprint density at radius 1 is 1.41 bits per heavy atom. The van der Waals surface area contributed by atoms with Crippen molar-refractivity contribution in [2.24, 2.45) is 5.92 Å². The summed E-state index contributed by atoms with van der Waals surface area (Å²) >= 11 is 5.44. The van der Waals surface area contributed by atoms with E-state index in [9.17, 15) is 4.79 Å². The molecule has 17 heavy (non-hydrogen) atoms. The van der Waals surface area contributed by atoms with Crippen LogP contribution < -0.4 is 4.90 Å². The van der Waals surface area contributed by atoms with E-state index in [1.54, 1.807) is 12.4 Å². The molecule has 3 nitrogen and oxygen atoms in total. The fourth-order valence-electron chi connectivity index (χ4n) is 2.17. The molecule has 1 fully saturated rings. The summed E-state index contributed by atoms with van der Waals surface area (Å²) < 4.78 is 0. The second-order valence-corrected chi connectivity index (χ2v) is 4.79.